The summed E-state index contributed by atoms with van der Waals surface area (Å²) in [6, 6.07) is 11.9. The maximum atomic E-state index is 10.3. The fourth-order valence-corrected chi connectivity index (χ4v) is 2.06. The third-order valence-corrected chi connectivity index (χ3v) is 3.83. The first kappa shape index (κ1) is 21.5. The number of hydrogen-bond acceptors (Lipinski definition) is 4. The van der Waals surface area contributed by atoms with Gasteiger partial charge in [0.15, 0.2) is 0 Å². The van der Waals surface area contributed by atoms with Crippen molar-refractivity contribution >= 4 is 83.1 Å². The van der Waals surface area contributed by atoms with Gasteiger partial charge in [-0.2, -0.15) is 0 Å². The first-order valence-electron chi connectivity index (χ1n) is 5.10. The zero-order valence-electron chi connectivity index (χ0n) is 10.5. The SMILES string of the molecule is O=S([O-])c1ccc(Cl)cc1.O=S([O-])c1ccc(Cl)cc1.[Ca+2]. The van der Waals surface area contributed by atoms with Crippen molar-refractivity contribution in [2.45, 2.75) is 9.79 Å². The Labute approximate surface area is 167 Å². The molecule has 2 atom stereocenters. The second-order valence-corrected chi connectivity index (χ2v) is 6.13. The Bertz CT molecular complexity index is 550. The molecule has 0 saturated heterocycles. The molecule has 108 valence electrons. The van der Waals surface area contributed by atoms with Gasteiger partial charge in [0.25, 0.3) is 0 Å². The summed E-state index contributed by atoms with van der Waals surface area (Å²) in [5.74, 6) is 0. The van der Waals surface area contributed by atoms with E-state index in [1.165, 1.54) is 48.5 Å². The molecule has 0 aromatic heterocycles. The Kier molecular flexibility index (Phi) is 11.4. The van der Waals surface area contributed by atoms with E-state index < -0.39 is 22.2 Å². The molecule has 2 unspecified atom stereocenters. The molecule has 0 heterocycles. The van der Waals surface area contributed by atoms with Gasteiger partial charge in [-0.3, -0.25) is 8.42 Å². The van der Waals surface area contributed by atoms with Gasteiger partial charge in [-0.1, -0.05) is 23.2 Å². The summed E-state index contributed by atoms with van der Waals surface area (Å²) in [4.78, 5) is 0.508. The van der Waals surface area contributed by atoms with Gasteiger partial charge in [0.1, 0.15) is 0 Å². The normalized spacial score (nSPS) is 12.4. The van der Waals surface area contributed by atoms with Crippen molar-refractivity contribution in [3.63, 3.8) is 0 Å². The van der Waals surface area contributed by atoms with E-state index in [0.29, 0.717) is 10.0 Å². The number of hydrogen-bond donors (Lipinski definition) is 0. The van der Waals surface area contributed by atoms with Crippen molar-refractivity contribution in [1.82, 2.24) is 0 Å². The maximum Gasteiger partial charge on any atom is 2.00 e. The number of rotatable bonds is 2. The predicted molar refractivity (Wildman–Crippen MR) is 83.0 cm³/mol. The maximum absolute atomic E-state index is 10.3. The molecule has 9 heteroatoms. The van der Waals surface area contributed by atoms with E-state index in [9.17, 15) is 17.5 Å². The fourth-order valence-electron chi connectivity index (χ4n) is 1.09. The largest absolute Gasteiger partial charge is 2.00 e. The van der Waals surface area contributed by atoms with Crippen molar-refractivity contribution < 1.29 is 17.5 Å². The predicted octanol–water partition coefficient (Wildman–Crippen LogP) is 2.78. The number of halogens is 2. The standard InChI is InChI=1S/2C6H5ClO2S.Ca/c2*7-5-1-3-6(4-2-5)10(8)9;/h2*1-4H,(H,8,9);/q;;+2/p-2. The van der Waals surface area contributed by atoms with Crippen molar-refractivity contribution in [3.8, 4) is 0 Å². The van der Waals surface area contributed by atoms with E-state index >= 15 is 0 Å². The monoisotopic (exact) mass is 390 g/mol. The van der Waals surface area contributed by atoms with Crippen LogP contribution in [0.2, 0.25) is 10.0 Å². The molecule has 0 aliphatic carbocycles. The molecular formula is C12H8CaCl2O4S2. The van der Waals surface area contributed by atoms with Crippen LogP contribution in [0.3, 0.4) is 0 Å². The van der Waals surface area contributed by atoms with Crippen LogP contribution in [0.25, 0.3) is 0 Å². The van der Waals surface area contributed by atoms with Crippen LogP contribution in [0, 0.1) is 0 Å². The van der Waals surface area contributed by atoms with Gasteiger partial charge < -0.3 is 9.11 Å². The summed E-state index contributed by atoms with van der Waals surface area (Å²) in [6.45, 7) is 0. The molecule has 21 heavy (non-hydrogen) atoms. The van der Waals surface area contributed by atoms with E-state index in [1.807, 2.05) is 0 Å². The third-order valence-electron chi connectivity index (χ3n) is 2.01. The molecule has 0 radical (unpaired) electrons. The summed E-state index contributed by atoms with van der Waals surface area (Å²) < 4.78 is 41.1. The zero-order valence-corrected chi connectivity index (χ0v) is 15.9. The van der Waals surface area contributed by atoms with Crippen molar-refractivity contribution in [2.75, 3.05) is 0 Å². The molecule has 0 N–H and O–H groups in total. The molecule has 0 amide bonds. The molecule has 0 spiro atoms. The van der Waals surface area contributed by atoms with E-state index in [2.05, 4.69) is 0 Å². The van der Waals surface area contributed by atoms with Gasteiger partial charge in [0, 0.05) is 19.8 Å². The van der Waals surface area contributed by atoms with Crippen LogP contribution >= 0.6 is 23.2 Å². The van der Waals surface area contributed by atoms with Gasteiger partial charge >= 0.3 is 37.7 Å². The first-order chi connectivity index (χ1) is 9.40. The smallest absolute Gasteiger partial charge is 0.768 e. The van der Waals surface area contributed by atoms with E-state index in [0.717, 1.165) is 0 Å². The van der Waals surface area contributed by atoms with E-state index in [-0.39, 0.29) is 47.5 Å². The van der Waals surface area contributed by atoms with Crippen molar-refractivity contribution in [2.24, 2.45) is 0 Å². The quantitative estimate of drug-likeness (QED) is 0.583. The molecule has 0 aliphatic heterocycles. The zero-order chi connectivity index (χ0) is 15.1. The Balaban J connectivity index is 0.000000364. The minimum Gasteiger partial charge on any atom is -0.768 e. The van der Waals surface area contributed by atoms with Gasteiger partial charge in [0.05, 0.1) is 0 Å². The molecule has 0 saturated carbocycles. The van der Waals surface area contributed by atoms with Crippen LogP contribution in [0.15, 0.2) is 58.3 Å². The van der Waals surface area contributed by atoms with E-state index in [4.69, 9.17) is 23.2 Å². The topological polar surface area (TPSA) is 80.3 Å². The van der Waals surface area contributed by atoms with Crippen molar-refractivity contribution in [1.29, 1.82) is 0 Å². The molecule has 0 aliphatic rings. The first-order valence-corrected chi connectivity index (χ1v) is 8.00. The second-order valence-electron chi connectivity index (χ2n) is 3.38. The van der Waals surface area contributed by atoms with Crippen LogP contribution in [-0.2, 0) is 22.2 Å². The average molecular weight is 391 g/mol. The van der Waals surface area contributed by atoms with Crippen LogP contribution in [0.1, 0.15) is 0 Å². The summed E-state index contributed by atoms with van der Waals surface area (Å²) in [7, 11) is 0. The molecule has 0 bridgehead atoms. The number of benzene rings is 2. The second kappa shape index (κ2) is 11.1. The fraction of sp³-hybridized carbons (Fsp3) is 0. The molecule has 4 nitrogen and oxygen atoms in total. The van der Waals surface area contributed by atoms with Gasteiger partial charge in [-0.15, -0.1) is 0 Å². The summed E-state index contributed by atoms with van der Waals surface area (Å²) in [5.41, 5.74) is 0. The minimum atomic E-state index is -2.15. The minimum absolute atomic E-state index is 0. The summed E-state index contributed by atoms with van der Waals surface area (Å²) in [5, 5.41) is 1.07. The Hall–Kier alpha value is 0.500. The van der Waals surface area contributed by atoms with Gasteiger partial charge in [0.2, 0.25) is 0 Å². The molecule has 0 fully saturated rings. The van der Waals surface area contributed by atoms with Gasteiger partial charge in [-0.05, 0) is 70.7 Å². The van der Waals surface area contributed by atoms with E-state index in [1.54, 1.807) is 0 Å². The Morgan fingerprint density at radius 2 is 0.905 bits per heavy atom. The molecule has 2 aromatic carbocycles. The van der Waals surface area contributed by atoms with Crippen LogP contribution < -0.4 is 0 Å². The van der Waals surface area contributed by atoms with Crippen LogP contribution in [0.4, 0.5) is 0 Å². The van der Waals surface area contributed by atoms with Gasteiger partial charge in [-0.25, -0.2) is 0 Å². The summed E-state index contributed by atoms with van der Waals surface area (Å²) >= 11 is 6.74. The Morgan fingerprint density at radius 3 is 1.10 bits per heavy atom. The Morgan fingerprint density at radius 1 is 0.667 bits per heavy atom. The average Bonchev–Trinajstić information content (AvgIpc) is 2.40. The summed E-state index contributed by atoms with van der Waals surface area (Å²) in [6.07, 6.45) is 0. The van der Waals surface area contributed by atoms with Crippen molar-refractivity contribution in [3.05, 3.63) is 58.6 Å². The molecular weight excluding hydrogens is 383 g/mol. The van der Waals surface area contributed by atoms with Crippen LogP contribution in [0.5, 0.6) is 0 Å². The van der Waals surface area contributed by atoms with Crippen LogP contribution in [-0.4, -0.2) is 55.3 Å². The third kappa shape index (κ3) is 8.64. The molecule has 2 aromatic rings. The molecule has 2 rings (SSSR count).